The third-order valence-corrected chi connectivity index (χ3v) is 9.65. The molecule has 0 N–H and O–H groups in total. The molecule has 0 saturated heterocycles. The van der Waals surface area contributed by atoms with E-state index in [4.69, 9.17) is 15.0 Å². The van der Waals surface area contributed by atoms with Crippen molar-refractivity contribution in [3.63, 3.8) is 0 Å². The van der Waals surface area contributed by atoms with Crippen LogP contribution in [0, 0.1) is 24.5 Å². The van der Waals surface area contributed by atoms with E-state index >= 15 is 0 Å². The van der Waals surface area contributed by atoms with Gasteiger partial charge in [-0.15, -0.1) is 42.6 Å². The fourth-order valence-electron chi connectivity index (χ4n) is 6.17. The molecular weight excluding hydrogens is 937 g/mol. The largest absolute Gasteiger partial charge is 0.474 e. The number of rotatable bonds is 3. The molecule has 0 bridgehead atoms. The molecule has 0 saturated carbocycles. The summed E-state index contributed by atoms with van der Waals surface area (Å²) < 4.78 is 11.3. The van der Waals surface area contributed by atoms with E-state index in [9.17, 15) is 0 Å². The third kappa shape index (κ3) is 9.56. The Balaban J connectivity index is 0.000000152. The molecule has 6 heterocycles. The molecule has 12 nitrogen and oxygen atoms in total. The minimum absolute atomic E-state index is 0. The summed E-state index contributed by atoms with van der Waals surface area (Å²) in [5, 5.41) is 0. The summed E-state index contributed by atoms with van der Waals surface area (Å²) in [7, 11) is 5.77. The standard InChI is InChI=1S/3C16H17N4.Ir/c3*1-16(2,3)13-10-17-14-15(18-13)20(11-19(14)4)12-8-6-5-7-9-12;/h3*5-8,10H,1-4H3;/q-1;2*+1;. The smallest absolute Gasteiger partial charge is 0.347 e. The number of aromatic nitrogens is 8. The van der Waals surface area contributed by atoms with Crippen molar-refractivity contribution in [3.8, 4) is 5.69 Å². The number of hydrogen-bond acceptors (Lipinski definition) is 6. The molecule has 61 heavy (non-hydrogen) atoms. The van der Waals surface area contributed by atoms with Crippen molar-refractivity contribution >= 4 is 58.0 Å². The first-order valence-corrected chi connectivity index (χ1v) is 19.8. The first-order valence-electron chi connectivity index (χ1n) is 19.8. The van der Waals surface area contributed by atoms with Crippen LogP contribution in [0.15, 0.2) is 91.4 Å². The molecular formula is C48H51IrN12+. The van der Waals surface area contributed by atoms with Crippen molar-refractivity contribution in [2.45, 2.75) is 78.6 Å². The van der Waals surface area contributed by atoms with Gasteiger partial charge in [-0.05, 0) is 0 Å². The van der Waals surface area contributed by atoms with Gasteiger partial charge in [0.2, 0.25) is 5.65 Å². The fraction of sp³-hybridized carbons (Fsp3) is 0.312. The second kappa shape index (κ2) is 17.4. The Kier molecular flexibility index (Phi) is 12.6. The second-order valence-corrected chi connectivity index (χ2v) is 17.7. The number of aryl methyl sites for hydroxylation is 1. The van der Waals surface area contributed by atoms with Gasteiger partial charge in [-0.25, -0.2) is 0 Å². The van der Waals surface area contributed by atoms with Gasteiger partial charge in [0.25, 0.3) is 0 Å². The van der Waals surface area contributed by atoms with Crippen LogP contribution in [0.25, 0.3) is 17.0 Å². The third-order valence-electron chi connectivity index (χ3n) is 9.65. The molecule has 3 aromatic carbocycles. The summed E-state index contributed by atoms with van der Waals surface area (Å²) in [6.45, 7) is 19.2. The molecule has 0 fully saturated rings. The summed E-state index contributed by atoms with van der Waals surface area (Å²) in [6, 6.07) is 39.4. The number of nitrogens with zero attached hydrogens (tertiary/aromatic N) is 12. The molecule has 2 aliphatic heterocycles. The zero-order valence-electron chi connectivity index (χ0n) is 36.9. The quantitative estimate of drug-likeness (QED) is 0.132. The van der Waals surface area contributed by atoms with E-state index in [1.807, 2.05) is 140 Å². The molecule has 4 aromatic heterocycles. The number of fused-ring (bicyclic) bond motifs is 3. The summed E-state index contributed by atoms with van der Waals surface area (Å²) >= 11 is 0. The maximum Gasteiger partial charge on any atom is 0.474 e. The Labute approximate surface area is 372 Å². The van der Waals surface area contributed by atoms with E-state index in [1.165, 1.54) is 0 Å². The van der Waals surface area contributed by atoms with Gasteiger partial charge in [-0.2, -0.15) is 81.7 Å². The normalized spacial score (nSPS) is 13.0. The molecule has 0 unspecified atom stereocenters. The van der Waals surface area contributed by atoms with Crippen molar-refractivity contribution in [2.75, 3.05) is 14.1 Å². The van der Waals surface area contributed by atoms with Crippen LogP contribution in [0.3, 0.4) is 0 Å². The molecule has 0 amide bonds. The van der Waals surface area contributed by atoms with E-state index in [2.05, 4.69) is 114 Å². The number of hydrogen-bond donors (Lipinski definition) is 0. The second-order valence-electron chi connectivity index (χ2n) is 17.7. The van der Waals surface area contributed by atoms with Gasteiger partial charge >= 0.3 is 35.3 Å². The number of imidazole rings is 1. The molecule has 0 atom stereocenters. The SMILES string of the molecule is C[N+]1=C=[N+](c2[c-]cccc2)c2nc(C(C)(C)C)cnc21.C[N+]1=C=[N+](c2[c-]cccc2)c2nc(C(C)(C)C)cnc21.Cn1[c-][n+](-c2[c-]cccc2)c2nc(C(C)(C)C)cnc21.[Ir]. The van der Waals surface area contributed by atoms with Crippen molar-refractivity contribution < 1.29 is 33.8 Å². The first-order chi connectivity index (χ1) is 28.4. The Hall–Kier alpha value is -6.22. The number of benzene rings is 3. The van der Waals surface area contributed by atoms with Gasteiger partial charge in [0.05, 0.1) is 17.6 Å². The Bertz CT molecular complexity index is 2720. The molecule has 0 aliphatic carbocycles. The molecule has 9 rings (SSSR count). The van der Waals surface area contributed by atoms with Gasteiger partial charge < -0.3 is 9.13 Å². The van der Waals surface area contributed by atoms with Gasteiger partial charge in [0.1, 0.15) is 36.8 Å². The summed E-state index contributed by atoms with van der Waals surface area (Å²) in [6.07, 6.45) is 8.75. The van der Waals surface area contributed by atoms with Crippen LogP contribution in [-0.4, -0.2) is 69.7 Å². The Morgan fingerprint density at radius 3 is 1.31 bits per heavy atom. The van der Waals surface area contributed by atoms with Crippen molar-refractivity contribution in [2.24, 2.45) is 7.05 Å². The zero-order valence-corrected chi connectivity index (χ0v) is 39.3. The van der Waals surface area contributed by atoms with Crippen LogP contribution in [-0.2, 0) is 43.4 Å². The predicted octanol–water partition coefficient (Wildman–Crippen LogP) is 7.88. The molecule has 0 spiro atoms. The van der Waals surface area contributed by atoms with E-state index < -0.39 is 0 Å². The van der Waals surface area contributed by atoms with Crippen molar-refractivity contribution in [3.05, 3.63) is 133 Å². The van der Waals surface area contributed by atoms with Crippen LogP contribution in [0.1, 0.15) is 79.4 Å². The monoisotopic (exact) mass is 988 g/mol. The van der Waals surface area contributed by atoms with E-state index in [1.54, 1.807) is 0 Å². The van der Waals surface area contributed by atoms with E-state index in [0.717, 1.165) is 68.7 Å². The van der Waals surface area contributed by atoms with Gasteiger partial charge in [-0.1, -0.05) is 68.0 Å². The van der Waals surface area contributed by atoms with Gasteiger partial charge in [0, 0.05) is 53.4 Å². The summed E-state index contributed by atoms with van der Waals surface area (Å²) in [5.74, 6) is 3.25. The minimum Gasteiger partial charge on any atom is -0.347 e. The Morgan fingerprint density at radius 1 is 0.525 bits per heavy atom. The molecule has 311 valence electrons. The summed E-state index contributed by atoms with van der Waals surface area (Å²) in [5.41, 5.74) is 7.17. The average Bonchev–Trinajstić information content (AvgIpc) is 3.87. The zero-order chi connectivity index (χ0) is 43.0. The van der Waals surface area contributed by atoms with Gasteiger partial charge in [0.15, 0.2) is 18.7 Å². The van der Waals surface area contributed by atoms with E-state index in [-0.39, 0.29) is 36.4 Å². The number of para-hydroxylation sites is 3. The van der Waals surface area contributed by atoms with Gasteiger partial charge in [-0.3, -0.25) is 4.98 Å². The average molecular weight is 988 g/mol. The molecule has 2 aliphatic rings. The molecule has 1 radical (unpaired) electrons. The van der Waals surface area contributed by atoms with Crippen LogP contribution in [0.5, 0.6) is 0 Å². The van der Waals surface area contributed by atoms with Crippen LogP contribution in [0.4, 0.5) is 34.6 Å². The first kappa shape index (κ1) is 44.3. The van der Waals surface area contributed by atoms with Crippen molar-refractivity contribution in [1.82, 2.24) is 43.6 Å². The van der Waals surface area contributed by atoms with Crippen molar-refractivity contribution in [1.29, 1.82) is 0 Å². The molecule has 13 heteroatoms. The Morgan fingerprint density at radius 2 is 0.918 bits per heavy atom. The minimum atomic E-state index is -0.0325. The van der Waals surface area contributed by atoms with Crippen LogP contribution >= 0.6 is 0 Å². The summed E-state index contributed by atoms with van der Waals surface area (Å²) in [4.78, 5) is 27.9. The molecule has 7 aromatic rings. The van der Waals surface area contributed by atoms with Crippen LogP contribution < -0.4 is 13.7 Å². The topological polar surface area (TPSA) is 98.2 Å². The van der Waals surface area contributed by atoms with Crippen LogP contribution in [0.2, 0.25) is 0 Å². The maximum atomic E-state index is 4.77. The van der Waals surface area contributed by atoms with E-state index in [0.29, 0.717) is 0 Å². The maximum absolute atomic E-state index is 4.77. The predicted molar refractivity (Wildman–Crippen MR) is 233 cm³/mol. The fourth-order valence-corrected chi connectivity index (χ4v) is 6.17.